The maximum absolute atomic E-state index is 10.6. The van der Waals surface area contributed by atoms with Gasteiger partial charge in [0.15, 0.2) is 0 Å². The molecule has 0 bridgehead atoms. The molecule has 0 heterocycles. The Morgan fingerprint density at radius 2 is 1.80 bits per heavy atom. The van der Waals surface area contributed by atoms with E-state index in [4.69, 9.17) is 0 Å². The summed E-state index contributed by atoms with van der Waals surface area (Å²) in [4.78, 5) is 10.2. The molecule has 0 N–H and O–H groups in total. The molecule has 3 heteroatoms. The SMILES string of the molecule is CC(C)(C)C(=C[N+](=O)[O-])c1ccccc1. The van der Waals surface area contributed by atoms with Crippen LogP contribution in [0, 0.1) is 15.5 Å². The van der Waals surface area contributed by atoms with Crippen molar-refractivity contribution in [2.75, 3.05) is 0 Å². The summed E-state index contributed by atoms with van der Waals surface area (Å²) < 4.78 is 0. The van der Waals surface area contributed by atoms with Crippen LogP contribution in [-0.2, 0) is 0 Å². The van der Waals surface area contributed by atoms with E-state index in [2.05, 4.69) is 0 Å². The lowest BCUT2D eigenvalue weighted by atomic mass is 9.83. The first-order valence-electron chi connectivity index (χ1n) is 4.82. The third-order valence-electron chi connectivity index (χ3n) is 2.13. The second kappa shape index (κ2) is 4.26. The molecule has 0 fully saturated rings. The molecule has 1 aromatic rings. The number of nitrogens with zero attached hydrogens (tertiary/aromatic N) is 1. The molecule has 0 saturated heterocycles. The van der Waals surface area contributed by atoms with Crippen LogP contribution in [0.4, 0.5) is 0 Å². The van der Waals surface area contributed by atoms with Crippen LogP contribution in [0.2, 0.25) is 0 Å². The van der Waals surface area contributed by atoms with Crippen LogP contribution in [-0.4, -0.2) is 4.92 Å². The molecule has 0 aliphatic carbocycles. The second-order valence-electron chi connectivity index (χ2n) is 4.44. The summed E-state index contributed by atoms with van der Waals surface area (Å²) in [6, 6.07) is 9.45. The van der Waals surface area contributed by atoms with Crippen molar-refractivity contribution in [2.24, 2.45) is 5.41 Å². The molecule has 80 valence electrons. The first-order chi connectivity index (χ1) is 6.91. The molecule has 0 atom stereocenters. The topological polar surface area (TPSA) is 43.1 Å². The quantitative estimate of drug-likeness (QED) is 0.549. The van der Waals surface area contributed by atoms with Gasteiger partial charge in [-0.05, 0) is 11.0 Å². The molecule has 15 heavy (non-hydrogen) atoms. The van der Waals surface area contributed by atoms with Crippen molar-refractivity contribution < 1.29 is 4.92 Å². The van der Waals surface area contributed by atoms with Crippen LogP contribution in [0.1, 0.15) is 26.3 Å². The van der Waals surface area contributed by atoms with E-state index in [9.17, 15) is 10.1 Å². The van der Waals surface area contributed by atoms with Gasteiger partial charge in [-0.15, -0.1) is 0 Å². The Bertz CT molecular complexity index is 374. The third kappa shape index (κ3) is 3.20. The van der Waals surface area contributed by atoms with Crippen molar-refractivity contribution in [3.63, 3.8) is 0 Å². The van der Waals surface area contributed by atoms with Gasteiger partial charge in [-0.1, -0.05) is 51.1 Å². The number of hydrogen-bond donors (Lipinski definition) is 0. The van der Waals surface area contributed by atoms with E-state index >= 15 is 0 Å². The Labute approximate surface area is 89.6 Å². The zero-order valence-electron chi connectivity index (χ0n) is 9.23. The van der Waals surface area contributed by atoms with E-state index < -0.39 is 4.92 Å². The highest BCUT2D eigenvalue weighted by Crippen LogP contribution is 2.33. The molecule has 0 aromatic heterocycles. The van der Waals surface area contributed by atoms with Gasteiger partial charge in [-0.2, -0.15) is 0 Å². The Hall–Kier alpha value is -1.64. The molecule has 0 spiro atoms. The first-order valence-corrected chi connectivity index (χ1v) is 4.82. The van der Waals surface area contributed by atoms with Crippen molar-refractivity contribution in [3.8, 4) is 0 Å². The Balaban J connectivity index is 3.20. The largest absolute Gasteiger partial charge is 0.259 e. The van der Waals surface area contributed by atoms with Crippen LogP contribution in [0.25, 0.3) is 5.57 Å². The highest BCUT2D eigenvalue weighted by atomic mass is 16.6. The molecule has 0 aliphatic heterocycles. The molecule has 3 nitrogen and oxygen atoms in total. The maximum atomic E-state index is 10.6. The van der Waals surface area contributed by atoms with Gasteiger partial charge in [0.05, 0.1) is 4.92 Å². The molecule has 1 rings (SSSR count). The summed E-state index contributed by atoms with van der Waals surface area (Å²) in [6.07, 6.45) is 1.09. The van der Waals surface area contributed by atoms with Crippen LogP contribution in [0.15, 0.2) is 36.5 Å². The maximum Gasteiger partial charge on any atom is 0.238 e. The highest BCUT2D eigenvalue weighted by molar-refractivity contribution is 5.68. The van der Waals surface area contributed by atoms with E-state index in [0.29, 0.717) is 0 Å². The predicted octanol–water partition coefficient (Wildman–Crippen LogP) is 3.35. The van der Waals surface area contributed by atoms with Gasteiger partial charge in [0.1, 0.15) is 0 Å². The van der Waals surface area contributed by atoms with Gasteiger partial charge in [0.25, 0.3) is 0 Å². The minimum Gasteiger partial charge on any atom is -0.259 e. The zero-order chi connectivity index (χ0) is 11.5. The van der Waals surface area contributed by atoms with Gasteiger partial charge < -0.3 is 0 Å². The Morgan fingerprint density at radius 1 is 1.27 bits per heavy atom. The summed E-state index contributed by atoms with van der Waals surface area (Å²) >= 11 is 0. The normalized spacial score (nSPS) is 12.6. The minimum atomic E-state index is -0.395. The molecular formula is C12H15NO2. The van der Waals surface area contributed by atoms with Crippen LogP contribution in [0.3, 0.4) is 0 Å². The monoisotopic (exact) mass is 205 g/mol. The van der Waals surface area contributed by atoms with Gasteiger partial charge in [0.2, 0.25) is 6.20 Å². The summed E-state index contributed by atoms with van der Waals surface area (Å²) in [5, 5.41) is 10.6. The number of allylic oxidation sites excluding steroid dienone is 1. The summed E-state index contributed by atoms with van der Waals surface area (Å²) in [7, 11) is 0. The third-order valence-corrected chi connectivity index (χ3v) is 2.13. The summed E-state index contributed by atoms with van der Waals surface area (Å²) in [6.45, 7) is 5.90. The fourth-order valence-corrected chi connectivity index (χ4v) is 1.42. The second-order valence-corrected chi connectivity index (χ2v) is 4.44. The molecule has 0 unspecified atom stereocenters. The summed E-state index contributed by atoms with van der Waals surface area (Å²) in [5.74, 6) is 0. The predicted molar refractivity (Wildman–Crippen MR) is 60.9 cm³/mol. The molecule has 1 aromatic carbocycles. The van der Waals surface area contributed by atoms with E-state index in [0.717, 1.165) is 17.3 Å². The Kier molecular flexibility index (Phi) is 3.24. The number of hydrogen-bond acceptors (Lipinski definition) is 2. The number of rotatable bonds is 2. The molecule has 0 saturated carbocycles. The van der Waals surface area contributed by atoms with E-state index in [1.807, 2.05) is 51.1 Å². The number of benzene rings is 1. The fourth-order valence-electron chi connectivity index (χ4n) is 1.42. The van der Waals surface area contributed by atoms with Crippen LogP contribution in [0.5, 0.6) is 0 Å². The summed E-state index contributed by atoms with van der Waals surface area (Å²) in [5.41, 5.74) is 1.42. The lowest BCUT2D eigenvalue weighted by Gasteiger charge is -2.20. The standard InChI is InChI=1S/C12H15NO2/c1-12(2,3)11(9-13(14)15)10-7-5-4-6-8-10/h4-9H,1-3H3. The van der Waals surface area contributed by atoms with Crippen molar-refractivity contribution >= 4 is 5.57 Å². The highest BCUT2D eigenvalue weighted by Gasteiger charge is 2.21. The van der Waals surface area contributed by atoms with Crippen molar-refractivity contribution in [3.05, 3.63) is 52.2 Å². The average molecular weight is 205 g/mol. The molecule has 0 amide bonds. The molecule has 0 radical (unpaired) electrons. The fraction of sp³-hybridized carbons (Fsp3) is 0.333. The van der Waals surface area contributed by atoms with Gasteiger partial charge >= 0.3 is 0 Å². The van der Waals surface area contributed by atoms with Gasteiger partial charge in [-0.3, -0.25) is 10.1 Å². The zero-order valence-corrected chi connectivity index (χ0v) is 9.23. The Morgan fingerprint density at radius 3 is 2.20 bits per heavy atom. The lowest BCUT2D eigenvalue weighted by Crippen LogP contribution is -2.10. The first kappa shape index (κ1) is 11.4. The molecular weight excluding hydrogens is 190 g/mol. The lowest BCUT2D eigenvalue weighted by molar-refractivity contribution is -0.401. The van der Waals surface area contributed by atoms with Crippen molar-refractivity contribution in [1.82, 2.24) is 0 Å². The average Bonchev–Trinajstić information content (AvgIpc) is 2.14. The van der Waals surface area contributed by atoms with Crippen molar-refractivity contribution in [2.45, 2.75) is 20.8 Å². The minimum absolute atomic E-state index is 0.228. The number of nitro groups is 1. The van der Waals surface area contributed by atoms with E-state index in [1.54, 1.807) is 0 Å². The van der Waals surface area contributed by atoms with Crippen LogP contribution >= 0.6 is 0 Å². The van der Waals surface area contributed by atoms with E-state index in [1.165, 1.54) is 0 Å². The molecule has 0 aliphatic rings. The van der Waals surface area contributed by atoms with Gasteiger partial charge in [0, 0.05) is 5.57 Å². The van der Waals surface area contributed by atoms with Crippen molar-refractivity contribution in [1.29, 1.82) is 0 Å². The van der Waals surface area contributed by atoms with E-state index in [-0.39, 0.29) is 5.41 Å². The van der Waals surface area contributed by atoms with Gasteiger partial charge in [-0.25, -0.2) is 0 Å². The smallest absolute Gasteiger partial charge is 0.238 e. The van der Waals surface area contributed by atoms with Crippen LogP contribution < -0.4 is 0 Å².